The highest BCUT2D eigenvalue weighted by molar-refractivity contribution is 7.09. The second kappa shape index (κ2) is 5.29. The van der Waals surface area contributed by atoms with Crippen LogP contribution in [-0.2, 0) is 6.54 Å². The number of fused-ring (bicyclic) bond motifs is 1. The molecular weight excluding hydrogens is 286 g/mol. The van der Waals surface area contributed by atoms with Crippen molar-refractivity contribution in [2.24, 2.45) is 0 Å². The molecule has 5 nitrogen and oxygen atoms in total. The molecule has 21 heavy (non-hydrogen) atoms. The summed E-state index contributed by atoms with van der Waals surface area (Å²) in [5.41, 5.74) is 1.81. The summed E-state index contributed by atoms with van der Waals surface area (Å²) in [6, 6.07) is 7.36. The highest BCUT2D eigenvalue weighted by atomic mass is 32.1. The van der Waals surface area contributed by atoms with Gasteiger partial charge in [0.05, 0.1) is 22.8 Å². The quantitative estimate of drug-likeness (QED) is 0.802. The fourth-order valence-corrected chi connectivity index (χ4v) is 3.05. The van der Waals surface area contributed by atoms with Gasteiger partial charge in [-0.1, -0.05) is 32.0 Å². The van der Waals surface area contributed by atoms with Crippen LogP contribution in [0.4, 0.5) is 0 Å². The van der Waals surface area contributed by atoms with Gasteiger partial charge in [-0.05, 0) is 6.07 Å². The first-order valence-corrected chi connectivity index (χ1v) is 7.57. The van der Waals surface area contributed by atoms with Crippen molar-refractivity contribution in [3.05, 3.63) is 46.0 Å². The van der Waals surface area contributed by atoms with Crippen LogP contribution in [0.2, 0.25) is 0 Å². The number of carboxylic acid groups (broad SMARTS) is 1. The molecule has 0 spiro atoms. The second-order valence-electron chi connectivity index (χ2n) is 5.16. The Balaban J connectivity index is 2.02. The normalized spacial score (nSPS) is 11.4. The summed E-state index contributed by atoms with van der Waals surface area (Å²) in [4.78, 5) is 15.9. The van der Waals surface area contributed by atoms with E-state index in [4.69, 9.17) is 0 Å². The molecule has 0 bridgehead atoms. The van der Waals surface area contributed by atoms with Gasteiger partial charge >= 0.3 is 5.97 Å². The highest BCUT2D eigenvalue weighted by Gasteiger charge is 2.16. The van der Waals surface area contributed by atoms with Crippen LogP contribution in [0.3, 0.4) is 0 Å². The first kappa shape index (κ1) is 13.8. The zero-order valence-corrected chi connectivity index (χ0v) is 12.6. The first-order chi connectivity index (χ1) is 10.1. The predicted molar refractivity (Wildman–Crippen MR) is 82.0 cm³/mol. The molecule has 3 aromatic rings. The van der Waals surface area contributed by atoms with Crippen molar-refractivity contribution in [3.8, 4) is 0 Å². The van der Waals surface area contributed by atoms with E-state index in [0.29, 0.717) is 17.8 Å². The van der Waals surface area contributed by atoms with Gasteiger partial charge in [-0.25, -0.2) is 9.78 Å². The first-order valence-electron chi connectivity index (χ1n) is 6.69. The molecule has 0 saturated heterocycles. The number of para-hydroxylation sites is 1. The van der Waals surface area contributed by atoms with Crippen LogP contribution in [0.25, 0.3) is 10.9 Å². The number of aromatic nitrogens is 3. The molecule has 0 saturated carbocycles. The van der Waals surface area contributed by atoms with E-state index in [-0.39, 0.29) is 5.69 Å². The third-order valence-corrected chi connectivity index (χ3v) is 4.43. The van der Waals surface area contributed by atoms with Crippen molar-refractivity contribution in [3.63, 3.8) is 0 Å². The van der Waals surface area contributed by atoms with Gasteiger partial charge in [0, 0.05) is 16.7 Å². The Morgan fingerprint density at radius 1 is 1.38 bits per heavy atom. The summed E-state index contributed by atoms with van der Waals surface area (Å²) in [7, 11) is 0. The third kappa shape index (κ3) is 2.54. The van der Waals surface area contributed by atoms with Crippen LogP contribution >= 0.6 is 11.3 Å². The number of carbonyl (C=O) groups is 1. The van der Waals surface area contributed by atoms with Crippen LogP contribution in [-0.4, -0.2) is 25.8 Å². The minimum absolute atomic E-state index is 0.0879. The SMILES string of the molecule is CC(C)c1nc(Cn2nc(C(=O)O)c3ccccc32)cs1. The van der Waals surface area contributed by atoms with Crippen molar-refractivity contribution in [2.45, 2.75) is 26.3 Å². The van der Waals surface area contributed by atoms with E-state index < -0.39 is 5.97 Å². The zero-order chi connectivity index (χ0) is 15.0. The van der Waals surface area contributed by atoms with Gasteiger partial charge in [-0.15, -0.1) is 11.3 Å². The van der Waals surface area contributed by atoms with E-state index in [0.717, 1.165) is 16.2 Å². The summed E-state index contributed by atoms with van der Waals surface area (Å²) >= 11 is 1.63. The van der Waals surface area contributed by atoms with Crippen molar-refractivity contribution < 1.29 is 9.90 Å². The minimum atomic E-state index is -1.01. The summed E-state index contributed by atoms with van der Waals surface area (Å²) in [6.45, 7) is 4.69. The smallest absolute Gasteiger partial charge is 0.357 e. The molecule has 0 fully saturated rings. The number of thiazole rings is 1. The van der Waals surface area contributed by atoms with Gasteiger partial charge in [0.15, 0.2) is 5.69 Å². The molecule has 0 radical (unpaired) electrons. The average molecular weight is 301 g/mol. The van der Waals surface area contributed by atoms with E-state index in [1.807, 2.05) is 23.6 Å². The number of aromatic carboxylic acids is 1. The summed E-state index contributed by atoms with van der Waals surface area (Å²) < 4.78 is 1.71. The van der Waals surface area contributed by atoms with Gasteiger partial charge < -0.3 is 5.11 Å². The maximum absolute atomic E-state index is 11.3. The molecule has 3 rings (SSSR count). The monoisotopic (exact) mass is 301 g/mol. The van der Waals surface area contributed by atoms with Crippen molar-refractivity contribution in [2.75, 3.05) is 0 Å². The zero-order valence-electron chi connectivity index (χ0n) is 11.8. The molecule has 6 heteroatoms. The summed E-state index contributed by atoms with van der Waals surface area (Å²) in [5, 5.41) is 17.2. The lowest BCUT2D eigenvalue weighted by Gasteiger charge is -2.01. The number of rotatable bonds is 4. The van der Waals surface area contributed by atoms with Crippen LogP contribution in [0.1, 0.15) is 41.0 Å². The standard InChI is InChI=1S/C15H15N3O2S/c1-9(2)14-16-10(8-21-14)7-18-12-6-4-3-5-11(12)13(17-18)15(19)20/h3-6,8-9H,7H2,1-2H3,(H,19,20). The number of hydrogen-bond acceptors (Lipinski definition) is 4. The Morgan fingerprint density at radius 2 is 2.14 bits per heavy atom. The van der Waals surface area contributed by atoms with Crippen LogP contribution < -0.4 is 0 Å². The summed E-state index contributed by atoms with van der Waals surface area (Å²) in [5.74, 6) is -0.612. The number of nitrogens with zero attached hydrogens (tertiary/aromatic N) is 3. The van der Waals surface area contributed by atoms with Crippen LogP contribution in [0, 0.1) is 0 Å². The predicted octanol–water partition coefficient (Wildman–Crippen LogP) is 3.36. The van der Waals surface area contributed by atoms with Crippen molar-refractivity contribution in [1.82, 2.24) is 14.8 Å². The summed E-state index contributed by atoms with van der Waals surface area (Å²) in [6.07, 6.45) is 0. The molecule has 108 valence electrons. The molecule has 0 aliphatic carbocycles. The molecule has 0 atom stereocenters. The van der Waals surface area contributed by atoms with E-state index in [1.54, 1.807) is 22.1 Å². The molecule has 2 aromatic heterocycles. The lowest BCUT2D eigenvalue weighted by atomic mass is 10.2. The molecule has 0 aliphatic heterocycles. The number of carboxylic acids is 1. The lowest BCUT2D eigenvalue weighted by Crippen LogP contribution is -2.05. The highest BCUT2D eigenvalue weighted by Crippen LogP contribution is 2.22. The maximum Gasteiger partial charge on any atom is 0.357 e. The Morgan fingerprint density at radius 3 is 2.81 bits per heavy atom. The van der Waals surface area contributed by atoms with Crippen LogP contribution in [0.5, 0.6) is 0 Å². The molecule has 0 unspecified atom stereocenters. The molecule has 1 aromatic carbocycles. The van der Waals surface area contributed by atoms with E-state index in [9.17, 15) is 9.90 Å². The number of benzene rings is 1. The van der Waals surface area contributed by atoms with E-state index in [2.05, 4.69) is 23.9 Å². The molecule has 0 amide bonds. The van der Waals surface area contributed by atoms with Gasteiger partial charge in [-0.3, -0.25) is 4.68 Å². The Hall–Kier alpha value is -2.21. The molecule has 1 N–H and O–H groups in total. The molecular formula is C15H15N3O2S. The van der Waals surface area contributed by atoms with Crippen molar-refractivity contribution >= 4 is 28.2 Å². The third-order valence-electron chi connectivity index (χ3n) is 3.24. The topological polar surface area (TPSA) is 68.0 Å². The fraction of sp³-hybridized carbons (Fsp3) is 0.267. The van der Waals surface area contributed by atoms with Gasteiger partial charge in [0.1, 0.15) is 0 Å². The largest absolute Gasteiger partial charge is 0.476 e. The van der Waals surface area contributed by atoms with Gasteiger partial charge in [0.25, 0.3) is 0 Å². The molecule has 2 heterocycles. The maximum atomic E-state index is 11.3. The fourth-order valence-electron chi connectivity index (χ4n) is 2.22. The Kier molecular flexibility index (Phi) is 3.47. The van der Waals surface area contributed by atoms with Gasteiger partial charge in [0.2, 0.25) is 0 Å². The minimum Gasteiger partial charge on any atom is -0.476 e. The number of hydrogen-bond donors (Lipinski definition) is 1. The van der Waals surface area contributed by atoms with Gasteiger partial charge in [-0.2, -0.15) is 5.10 Å². The Bertz CT molecular complexity index is 804. The lowest BCUT2D eigenvalue weighted by molar-refractivity contribution is 0.0691. The van der Waals surface area contributed by atoms with Crippen LogP contribution in [0.15, 0.2) is 29.6 Å². The van der Waals surface area contributed by atoms with Crippen molar-refractivity contribution in [1.29, 1.82) is 0 Å². The molecule has 0 aliphatic rings. The Labute approximate surface area is 125 Å². The van der Waals surface area contributed by atoms with E-state index >= 15 is 0 Å². The average Bonchev–Trinajstić information content (AvgIpc) is 3.05. The van der Waals surface area contributed by atoms with E-state index in [1.165, 1.54) is 0 Å². The second-order valence-corrected chi connectivity index (χ2v) is 6.05.